The number of rotatable bonds is 4. The minimum Gasteiger partial charge on any atom is -0.356 e. The molecule has 3 nitrogen and oxygen atoms in total. The van der Waals surface area contributed by atoms with E-state index in [2.05, 4.69) is 24.5 Å². The Labute approximate surface area is 117 Å². The van der Waals surface area contributed by atoms with Crippen molar-refractivity contribution in [2.24, 2.45) is 23.7 Å². The van der Waals surface area contributed by atoms with E-state index in [4.69, 9.17) is 0 Å². The van der Waals surface area contributed by atoms with Crippen molar-refractivity contribution in [2.75, 3.05) is 19.6 Å². The molecule has 3 heteroatoms. The van der Waals surface area contributed by atoms with E-state index < -0.39 is 0 Å². The van der Waals surface area contributed by atoms with Crippen molar-refractivity contribution in [3.05, 3.63) is 0 Å². The van der Waals surface area contributed by atoms with Crippen LogP contribution in [0.4, 0.5) is 0 Å². The minimum absolute atomic E-state index is 0.258. The topological polar surface area (TPSA) is 41.1 Å². The summed E-state index contributed by atoms with van der Waals surface area (Å²) in [6.45, 7) is 7.58. The molecule has 0 aromatic carbocycles. The molecule has 0 unspecified atom stereocenters. The van der Waals surface area contributed by atoms with Gasteiger partial charge in [0, 0.05) is 12.5 Å². The van der Waals surface area contributed by atoms with Gasteiger partial charge in [0.15, 0.2) is 0 Å². The van der Waals surface area contributed by atoms with Crippen LogP contribution in [0.3, 0.4) is 0 Å². The third-order valence-corrected chi connectivity index (χ3v) is 5.11. The second-order valence-electron chi connectivity index (χ2n) is 6.79. The Morgan fingerprint density at radius 3 is 2.32 bits per heavy atom. The Morgan fingerprint density at radius 1 is 1.11 bits per heavy atom. The molecule has 1 heterocycles. The van der Waals surface area contributed by atoms with E-state index >= 15 is 0 Å². The average molecular weight is 266 g/mol. The molecule has 0 bridgehead atoms. The van der Waals surface area contributed by atoms with Gasteiger partial charge in [-0.3, -0.25) is 4.79 Å². The van der Waals surface area contributed by atoms with Crippen molar-refractivity contribution in [3.8, 4) is 0 Å². The third-order valence-electron chi connectivity index (χ3n) is 5.11. The molecule has 0 radical (unpaired) electrons. The molecular weight excluding hydrogens is 236 g/mol. The lowest BCUT2D eigenvalue weighted by atomic mass is 9.77. The van der Waals surface area contributed by atoms with E-state index in [1.54, 1.807) is 0 Å². The van der Waals surface area contributed by atoms with E-state index in [0.29, 0.717) is 5.91 Å². The van der Waals surface area contributed by atoms with Crippen molar-refractivity contribution in [1.82, 2.24) is 10.6 Å². The number of nitrogens with one attached hydrogen (secondary N) is 2. The first-order valence-corrected chi connectivity index (χ1v) is 8.15. The molecule has 0 aromatic rings. The average Bonchev–Trinajstić information content (AvgIpc) is 2.46. The van der Waals surface area contributed by atoms with E-state index in [0.717, 1.165) is 50.2 Å². The van der Waals surface area contributed by atoms with Gasteiger partial charge >= 0.3 is 0 Å². The first-order valence-electron chi connectivity index (χ1n) is 8.15. The third kappa shape index (κ3) is 4.48. The van der Waals surface area contributed by atoms with Crippen LogP contribution in [0.15, 0.2) is 0 Å². The maximum Gasteiger partial charge on any atom is 0.223 e. The highest BCUT2D eigenvalue weighted by Crippen LogP contribution is 2.32. The van der Waals surface area contributed by atoms with Crippen LogP contribution in [0.1, 0.15) is 52.4 Å². The molecule has 0 aromatic heterocycles. The second-order valence-corrected chi connectivity index (χ2v) is 6.79. The highest BCUT2D eigenvalue weighted by molar-refractivity contribution is 5.78. The molecule has 19 heavy (non-hydrogen) atoms. The van der Waals surface area contributed by atoms with Crippen LogP contribution in [0.25, 0.3) is 0 Å². The molecule has 1 saturated carbocycles. The first-order chi connectivity index (χ1) is 9.16. The van der Waals surface area contributed by atoms with Gasteiger partial charge < -0.3 is 10.6 Å². The standard InChI is InChI=1S/C16H30N2O/c1-12(2)14-5-3-13(4-6-14)11-18-16(19)15-7-9-17-10-8-15/h12-15,17H,3-11H2,1-2H3,(H,18,19). The fourth-order valence-electron chi connectivity index (χ4n) is 3.53. The number of amides is 1. The Hall–Kier alpha value is -0.570. The largest absolute Gasteiger partial charge is 0.356 e. The van der Waals surface area contributed by atoms with Crippen LogP contribution in [-0.2, 0) is 4.79 Å². The van der Waals surface area contributed by atoms with Gasteiger partial charge in [0.05, 0.1) is 0 Å². The molecule has 0 atom stereocenters. The maximum atomic E-state index is 12.1. The first kappa shape index (κ1) is 14.8. The van der Waals surface area contributed by atoms with Gasteiger partial charge in [-0.15, -0.1) is 0 Å². The fourth-order valence-corrected chi connectivity index (χ4v) is 3.53. The summed E-state index contributed by atoms with van der Waals surface area (Å²) >= 11 is 0. The molecule has 1 saturated heterocycles. The number of hydrogen-bond acceptors (Lipinski definition) is 2. The quantitative estimate of drug-likeness (QED) is 0.821. The summed E-state index contributed by atoms with van der Waals surface area (Å²) in [5, 5.41) is 6.51. The zero-order valence-electron chi connectivity index (χ0n) is 12.6. The van der Waals surface area contributed by atoms with Gasteiger partial charge in [-0.25, -0.2) is 0 Å². The summed E-state index contributed by atoms with van der Waals surface area (Å²) in [6, 6.07) is 0. The number of carbonyl (C=O) groups excluding carboxylic acids is 1. The molecule has 1 aliphatic carbocycles. The van der Waals surface area contributed by atoms with Crippen LogP contribution < -0.4 is 10.6 Å². The van der Waals surface area contributed by atoms with Crippen molar-refractivity contribution in [3.63, 3.8) is 0 Å². The summed E-state index contributed by atoms with van der Waals surface area (Å²) in [7, 11) is 0. The SMILES string of the molecule is CC(C)C1CCC(CNC(=O)C2CCNCC2)CC1. The molecule has 1 amide bonds. The molecule has 110 valence electrons. The highest BCUT2D eigenvalue weighted by atomic mass is 16.1. The summed E-state index contributed by atoms with van der Waals surface area (Å²) in [6.07, 6.45) is 7.32. The van der Waals surface area contributed by atoms with Crippen LogP contribution in [-0.4, -0.2) is 25.5 Å². The number of carbonyl (C=O) groups is 1. The van der Waals surface area contributed by atoms with Crippen molar-refractivity contribution in [2.45, 2.75) is 52.4 Å². The molecular formula is C16H30N2O. The Kier molecular flexibility index (Phi) is 5.68. The van der Waals surface area contributed by atoms with Crippen LogP contribution in [0, 0.1) is 23.7 Å². The molecule has 2 rings (SSSR count). The van der Waals surface area contributed by atoms with Gasteiger partial charge in [-0.1, -0.05) is 13.8 Å². The molecule has 0 spiro atoms. The Balaban J connectivity index is 1.64. The summed E-state index contributed by atoms with van der Waals surface area (Å²) in [4.78, 5) is 12.1. The predicted molar refractivity (Wildman–Crippen MR) is 78.9 cm³/mol. The summed E-state index contributed by atoms with van der Waals surface area (Å²) in [5.74, 6) is 3.02. The Morgan fingerprint density at radius 2 is 1.74 bits per heavy atom. The number of piperidine rings is 1. The van der Waals surface area contributed by atoms with E-state index in [-0.39, 0.29) is 5.92 Å². The normalized spacial score (nSPS) is 29.4. The van der Waals surface area contributed by atoms with Crippen LogP contribution in [0.5, 0.6) is 0 Å². The van der Waals surface area contributed by atoms with Gasteiger partial charge in [0.1, 0.15) is 0 Å². The summed E-state index contributed by atoms with van der Waals surface area (Å²) < 4.78 is 0. The molecule has 2 aliphatic rings. The molecule has 2 fully saturated rings. The zero-order chi connectivity index (χ0) is 13.7. The lowest BCUT2D eigenvalue weighted by Gasteiger charge is -2.31. The molecule has 2 N–H and O–H groups in total. The van der Waals surface area contributed by atoms with E-state index in [1.165, 1.54) is 25.7 Å². The monoisotopic (exact) mass is 266 g/mol. The summed E-state index contributed by atoms with van der Waals surface area (Å²) in [5.41, 5.74) is 0. The van der Waals surface area contributed by atoms with Crippen molar-refractivity contribution < 1.29 is 4.79 Å². The fraction of sp³-hybridized carbons (Fsp3) is 0.938. The zero-order valence-corrected chi connectivity index (χ0v) is 12.6. The maximum absolute atomic E-state index is 12.1. The van der Waals surface area contributed by atoms with Crippen molar-refractivity contribution in [1.29, 1.82) is 0 Å². The lowest BCUT2D eigenvalue weighted by Crippen LogP contribution is -2.40. The van der Waals surface area contributed by atoms with E-state index in [9.17, 15) is 4.79 Å². The second kappa shape index (κ2) is 7.28. The van der Waals surface area contributed by atoms with Crippen LogP contribution in [0.2, 0.25) is 0 Å². The predicted octanol–water partition coefficient (Wildman–Crippen LogP) is 2.56. The van der Waals surface area contributed by atoms with Gasteiger partial charge in [0.25, 0.3) is 0 Å². The Bertz CT molecular complexity index is 276. The van der Waals surface area contributed by atoms with Crippen molar-refractivity contribution >= 4 is 5.91 Å². The van der Waals surface area contributed by atoms with Gasteiger partial charge in [0.2, 0.25) is 5.91 Å². The van der Waals surface area contributed by atoms with Gasteiger partial charge in [-0.2, -0.15) is 0 Å². The van der Waals surface area contributed by atoms with Crippen LogP contribution >= 0.6 is 0 Å². The van der Waals surface area contributed by atoms with Gasteiger partial charge in [-0.05, 0) is 69.4 Å². The highest BCUT2D eigenvalue weighted by Gasteiger charge is 2.25. The minimum atomic E-state index is 0.258. The van der Waals surface area contributed by atoms with E-state index in [1.807, 2.05) is 0 Å². The number of hydrogen-bond donors (Lipinski definition) is 2. The smallest absolute Gasteiger partial charge is 0.223 e. The lowest BCUT2D eigenvalue weighted by molar-refractivity contribution is -0.126. The molecule has 1 aliphatic heterocycles.